The van der Waals surface area contributed by atoms with Gasteiger partial charge in [0.05, 0.1) is 28.5 Å². The van der Waals surface area contributed by atoms with Crippen molar-refractivity contribution >= 4 is 25.8 Å². The second kappa shape index (κ2) is 5.17. The van der Waals surface area contributed by atoms with E-state index in [-0.39, 0.29) is 28.5 Å². The van der Waals surface area contributed by atoms with E-state index < -0.39 is 9.84 Å². The standard InChI is InChI=1S/C12H21BrO3S/c1-8-3-9(2)5-10(4-8)16-12-7-17(14,15)6-11(12)13/h8-12H,3-7H2,1-2H3. The maximum absolute atomic E-state index is 11.5. The lowest BCUT2D eigenvalue weighted by molar-refractivity contribution is -0.0350. The highest BCUT2D eigenvalue weighted by Gasteiger charge is 2.39. The molecule has 5 heteroatoms. The van der Waals surface area contributed by atoms with Gasteiger partial charge < -0.3 is 4.74 Å². The molecule has 0 aromatic heterocycles. The zero-order valence-corrected chi connectivity index (χ0v) is 12.8. The summed E-state index contributed by atoms with van der Waals surface area (Å²) in [6.45, 7) is 4.51. The molecular weight excluding hydrogens is 304 g/mol. The van der Waals surface area contributed by atoms with Gasteiger partial charge in [-0.15, -0.1) is 0 Å². The Balaban J connectivity index is 1.93. The van der Waals surface area contributed by atoms with Crippen LogP contribution in [0.5, 0.6) is 0 Å². The molecule has 4 atom stereocenters. The molecule has 0 spiro atoms. The Hall–Kier alpha value is 0.390. The van der Waals surface area contributed by atoms with Crippen LogP contribution in [0.15, 0.2) is 0 Å². The summed E-state index contributed by atoms with van der Waals surface area (Å²) in [6, 6.07) is 0. The van der Waals surface area contributed by atoms with Gasteiger partial charge in [-0.3, -0.25) is 0 Å². The van der Waals surface area contributed by atoms with Crippen LogP contribution in [0, 0.1) is 11.8 Å². The Morgan fingerprint density at radius 2 is 1.65 bits per heavy atom. The van der Waals surface area contributed by atoms with Gasteiger partial charge in [-0.25, -0.2) is 8.42 Å². The van der Waals surface area contributed by atoms with Gasteiger partial charge in [0.1, 0.15) is 0 Å². The third kappa shape index (κ3) is 3.67. The number of halogens is 1. The minimum atomic E-state index is -2.89. The average Bonchev–Trinajstić information content (AvgIpc) is 2.37. The SMILES string of the molecule is CC1CC(C)CC(OC2CS(=O)(=O)CC2Br)C1. The van der Waals surface area contributed by atoms with Gasteiger partial charge in [0.15, 0.2) is 9.84 Å². The van der Waals surface area contributed by atoms with E-state index in [1.54, 1.807) is 0 Å². The van der Waals surface area contributed by atoms with Gasteiger partial charge in [-0.1, -0.05) is 29.8 Å². The predicted octanol–water partition coefficient (Wildman–Crippen LogP) is 2.39. The third-order valence-electron chi connectivity index (χ3n) is 3.74. The van der Waals surface area contributed by atoms with E-state index in [2.05, 4.69) is 29.8 Å². The highest BCUT2D eigenvalue weighted by molar-refractivity contribution is 9.09. The summed E-state index contributed by atoms with van der Waals surface area (Å²) in [5.74, 6) is 1.78. The van der Waals surface area contributed by atoms with Crippen LogP contribution in [0.4, 0.5) is 0 Å². The van der Waals surface area contributed by atoms with Crippen molar-refractivity contribution in [3.05, 3.63) is 0 Å². The second-order valence-corrected chi connectivity index (χ2v) is 9.14. The summed E-state index contributed by atoms with van der Waals surface area (Å²) in [6.07, 6.45) is 3.50. The van der Waals surface area contributed by atoms with Crippen molar-refractivity contribution in [3.63, 3.8) is 0 Å². The molecule has 0 N–H and O–H groups in total. The molecule has 3 nitrogen and oxygen atoms in total. The molecule has 4 unspecified atom stereocenters. The van der Waals surface area contributed by atoms with Gasteiger partial charge in [0, 0.05) is 0 Å². The predicted molar refractivity (Wildman–Crippen MR) is 72.2 cm³/mol. The summed E-state index contributed by atoms with van der Waals surface area (Å²) >= 11 is 3.43. The first-order valence-electron chi connectivity index (χ1n) is 6.35. The summed E-state index contributed by atoms with van der Waals surface area (Å²) in [5.41, 5.74) is 0. The Labute approximate surface area is 112 Å². The van der Waals surface area contributed by atoms with Crippen molar-refractivity contribution in [2.24, 2.45) is 11.8 Å². The second-order valence-electron chi connectivity index (χ2n) is 5.81. The fourth-order valence-electron chi connectivity index (χ4n) is 3.13. The van der Waals surface area contributed by atoms with Crippen molar-refractivity contribution in [3.8, 4) is 0 Å². The van der Waals surface area contributed by atoms with Crippen LogP contribution in [0.25, 0.3) is 0 Å². The maximum Gasteiger partial charge on any atom is 0.154 e. The first-order chi connectivity index (χ1) is 7.85. The molecule has 0 amide bonds. The quantitative estimate of drug-likeness (QED) is 0.732. The Bertz CT molecular complexity index is 358. The molecule has 0 radical (unpaired) electrons. The number of ether oxygens (including phenoxy) is 1. The van der Waals surface area contributed by atoms with Crippen molar-refractivity contribution < 1.29 is 13.2 Å². The highest BCUT2D eigenvalue weighted by Crippen LogP contribution is 2.33. The van der Waals surface area contributed by atoms with E-state index >= 15 is 0 Å². The van der Waals surface area contributed by atoms with E-state index in [1.807, 2.05) is 0 Å². The lowest BCUT2D eigenvalue weighted by atomic mass is 9.82. The van der Waals surface area contributed by atoms with E-state index in [0.717, 1.165) is 12.8 Å². The Morgan fingerprint density at radius 1 is 1.06 bits per heavy atom. The number of alkyl halides is 1. The van der Waals surface area contributed by atoms with E-state index in [9.17, 15) is 8.42 Å². The molecule has 0 aromatic rings. The molecule has 0 aromatic carbocycles. The van der Waals surface area contributed by atoms with Crippen LogP contribution in [0.1, 0.15) is 33.1 Å². The lowest BCUT2D eigenvalue weighted by Crippen LogP contribution is -2.33. The van der Waals surface area contributed by atoms with Crippen molar-refractivity contribution in [2.45, 2.75) is 50.1 Å². The molecule has 2 fully saturated rings. The van der Waals surface area contributed by atoms with Crippen LogP contribution in [0.3, 0.4) is 0 Å². The highest BCUT2D eigenvalue weighted by atomic mass is 79.9. The molecule has 1 heterocycles. The monoisotopic (exact) mass is 324 g/mol. The number of rotatable bonds is 2. The average molecular weight is 325 g/mol. The fraction of sp³-hybridized carbons (Fsp3) is 1.00. The van der Waals surface area contributed by atoms with Gasteiger partial charge in [-0.2, -0.15) is 0 Å². The van der Waals surface area contributed by atoms with Gasteiger partial charge in [0.2, 0.25) is 0 Å². The number of hydrogen-bond acceptors (Lipinski definition) is 3. The van der Waals surface area contributed by atoms with Gasteiger partial charge in [0.25, 0.3) is 0 Å². The molecule has 0 bridgehead atoms. The molecule has 2 rings (SSSR count). The molecule has 1 aliphatic carbocycles. The third-order valence-corrected chi connectivity index (χ3v) is 6.78. The number of sulfone groups is 1. The summed E-state index contributed by atoms with van der Waals surface area (Å²) < 4.78 is 29.0. The molecule has 100 valence electrons. The van der Waals surface area contributed by atoms with Crippen LogP contribution in [-0.2, 0) is 14.6 Å². The Kier molecular flexibility index (Phi) is 4.20. The minimum Gasteiger partial charge on any atom is -0.373 e. The molecular formula is C12H21BrO3S. The lowest BCUT2D eigenvalue weighted by Gasteiger charge is -2.33. The van der Waals surface area contributed by atoms with Crippen LogP contribution < -0.4 is 0 Å². The smallest absolute Gasteiger partial charge is 0.154 e. The molecule has 1 saturated heterocycles. The van der Waals surface area contributed by atoms with E-state index in [4.69, 9.17) is 4.74 Å². The van der Waals surface area contributed by atoms with Crippen molar-refractivity contribution in [1.29, 1.82) is 0 Å². The van der Waals surface area contributed by atoms with Crippen LogP contribution in [-0.4, -0.2) is 37.0 Å². The minimum absolute atomic E-state index is 0.0277. The largest absolute Gasteiger partial charge is 0.373 e. The fourth-order valence-corrected chi connectivity index (χ4v) is 6.54. The Morgan fingerprint density at radius 3 is 2.12 bits per heavy atom. The molecule has 1 aliphatic heterocycles. The van der Waals surface area contributed by atoms with Crippen molar-refractivity contribution in [2.75, 3.05) is 11.5 Å². The summed E-state index contributed by atoms with van der Waals surface area (Å²) in [7, 11) is -2.89. The zero-order valence-electron chi connectivity index (χ0n) is 10.4. The molecule has 2 aliphatic rings. The van der Waals surface area contributed by atoms with Gasteiger partial charge in [-0.05, 0) is 31.1 Å². The number of hydrogen-bond donors (Lipinski definition) is 0. The van der Waals surface area contributed by atoms with E-state index in [0.29, 0.717) is 11.8 Å². The van der Waals surface area contributed by atoms with Crippen molar-refractivity contribution in [1.82, 2.24) is 0 Å². The normalized spacial score (nSPS) is 45.9. The van der Waals surface area contributed by atoms with E-state index in [1.165, 1.54) is 6.42 Å². The maximum atomic E-state index is 11.5. The molecule has 1 saturated carbocycles. The van der Waals surface area contributed by atoms with Crippen LogP contribution >= 0.6 is 15.9 Å². The van der Waals surface area contributed by atoms with Gasteiger partial charge >= 0.3 is 0 Å². The summed E-state index contributed by atoms with van der Waals surface area (Å²) in [4.78, 5) is -0.0277. The molecule has 17 heavy (non-hydrogen) atoms. The van der Waals surface area contributed by atoms with Crippen LogP contribution in [0.2, 0.25) is 0 Å². The first-order valence-corrected chi connectivity index (χ1v) is 9.09. The zero-order chi connectivity index (χ0) is 12.6. The topological polar surface area (TPSA) is 43.4 Å². The summed E-state index contributed by atoms with van der Waals surface area (Å²) in [5, 5.41) is 0. The first kappa shape index (κ1) is 13.8.